The lowest BCUT2D eigenvalue weighted by Crippen LogP contribution is -2.42. The van der Waals surface area contributed by atoms with Crippen molar-refractivity contribution in [2.45, 2.75) is 18.3 Å². The van der Waals surface area contributed by atoms with Gasteiger partial charge in [-0.3, -0.25) is 4.79 Å². The molecule has 0 radical (unpaired) electrons. The number of thiophene rings is 1. The molecule has 29 heavy (non-hydrogen) atoms. The molecule has 1 heterocycles. The maximum atomic E-state index is 12.4. The molecule has 3 atom stereocenters. The standard InChI is InChI=1S/C18H18Cl2O8S/c19-15-9(17(25)13-2-1-5-29-13)3-4-12(16(15)20)27-8-14(24)28-7-11(23)18(26)10(22)6-21/h1-5,10-11,18,21-23,26H,6-8H2/t10-,11+,18-/m0/s1. The van der Waals surface area contributed by atoms with E-state index in [2.05, 4.69) is 0 Å². The van der Waals surface area contributed by atoms with Gasteiger partial charge in [0.2, 0.25) is 5.78 Å². The first-order valence-electron chi connectivity index (χ1n) is 8.26. The van der Waals surface area contributed by atoms with Crippen molar-refractivity contribution in [1.29, 1.82) is 0 Å². The second kappa shape index (κ2) is 10.9. The quantitative estimate of drug-likeness (QED) is 0.305. The van der Waals surface area contributed by atoms with Crippen LogP contribution in [0.5, 0.6) is 5.75 Å². The minimum absolute atomic E-state index is 0.0209. The Bertz CT molecular complexity index is 843. The van der Waals surface area contributed by atoms with Crippen LogP contribution < -0.4 is 4.74 Å². The number of carbonyl (C=O) groups excluding carboxylic acids is 2. The molecule has 4 N–H and O–H groups in total. The summed E-state index contributed by atoms with van der Waals surface area (Å²) < 4.78 is 9.96. The number of carbonyl (C=O) groups is 2. The Kier molecular flexibility index (Phi) is 8.84. The van der Waals surface area contributed by atoms with Crippen LogP contribution in [-0.2, 0) is 9.53 Å². The van der Waals surface area contributed by atoms with Crippen molar-refractivity contribution in [3.8, 4) is 5.75 Å². The Morgan fingerprint density at radius 1 is 1.07 bits per heavy atom. The van der Waals surface area contributed by atoms with Crippen LogP contribution >= 0.6 is 34.5 Å². The Hall–Kier alpha value is -1.72. The normalized spacial score (nSPS) is 14.1. The number of halogens is 2. The van der Waals surface area contributed by atoms with Crippen LogP contribution in [-0.4, -0.2) is 70.3 Å². The molecule has 0 bridgehead atoms. The summed E-state index contributed by atoms with van der Waals surface area (Å²) in [6.45, 7) is -1.97. The lowest BCUT2D eigenvalue weighted by molar-refractivity contribution is -0.154. The van der Waals surface area contributed by atoms with Crippen LogP contribution in [0.3, 0.4) is 0 Å². The highest BCUT2D eigenvalue weighted by Crippen LogP contribution is 2.36. The fourth-order valence-corrected chi connectivity index (χ4v) is 3.32. The van der Waals surface area contributed by atoms with E-state index >= 15 is 0 Å². The largest absolute Gasteiger partial charge is 0.480 e. The average Bonchev–Trinajstić information content (AvgIpc) is 3.26. The first-order valence-corrected chi connectivity index (χ1v) is 9.89. The molecule has 0 fully saturated rings. The summed E-state index contributed by atoms with van der Waals surface area (Å²) in [5.41, 5.74) is 0.189. The fraction of sp³-hybridized carbons (Fsp3) is 0.333. The average molecular weight is 465 g/mol. The molecule has 0 unspecified atom stereocenters. The minimum atomic E-state index is -1.68. The maximum absolute atomic E-state index is 12.4. The van der Waals surface area contributed by atoms with E-state index in [0.29, 0.717) is 4.88 Å². The molecule has 0 saturated carbocycles. The third kappa shape index (κ3) is 6.13. The Labute approximate surface area is 179 Å². The topological polar surface area (TPSA) is 134 Å². The molecular weight excluding hydrogens is 447 g/mol. The molecule has 0 amide bonds. The van der Waals surface area contributed by atoms with Gasteiger partial charge in [-0.2, -0.15) is 0 Å². The van der Waals surface area contributed by atoms with Crippen LogP contribution in [0.15, 0.2) is 29.6 Å². The van der Waals surface area contributed by atoms with Crippen molar-refractivity contribution in [2.75, 3.05) is 19.8 Å². The summed E-state index contributed by atoms with van der Waals surface area (Å²) in [6.07, 6.45) is -4.85. The van der Waals surface area contributed by atoms with E-state index in [1.54, 1.807) is 17.5 Å². The summed E-state index contributed by atoms with van der Waals surface area (Å²) in [6, 6.07) is 6.20. The van der Waals surface area contributed by atoms with Gasteiger partial charge in [-0.15, -0.1) is 11.3 Å². The third-order valence-electron chi connectivity index (χ3n) is 3.77. The predicted molar refractivity (Wildman–Crippen MR) is 106 cm³/mol. The molecule has 2 rings (SSSR count). The molecule has 0 aliphatic heterocycles. The van der Waals surface area contributed by atoms with Crippen LogP contribution in [0.25, 0.3) is 0 Å². The highest BCUT2D eigenvalue weighted by atomic mass is 35.5. The van der Waals surface area contributed by atoms with Gasteiger partial charge in [-0.05, 0) is 23.6 Å². The van der Waals surface area contributed by atoms with E-state index in [-0.39, 0.29) is 27.1 Å². The zero-order valence-corrected chi connectivity index (χ0v) is 17.2. The van der Waals surface area contributed by atoms with Crippen molar-refractivity contribution < 1.29 is 39.5 Å². The summed E-state index contributed by atoms with van der Waals surface area (Å²) in [5.74, 6) is -1.14. The molecule has 11 heteroatoms. The minimum Gasteiger partial charge on any atom is -0.480 e. The van der Waals surface area contributed by atoms with Crippen molar-refractivity contribution >= 4 is 46.3 Å². The summed E-state index contributed by atoms with van der Waals surface area (Å²) in [4.78, 5) is 24.6. The lowest BCUT2D eigenvalue weighted by atomic mass is 10.1. The molecule has 0 spiro atoms. The predicted octanol–water partition coefficient (Wildman–Crippen LogP) is 1.28. The lowest BCUT2D eigenvalue weighted by Gasteiger charge is -2.21. The highest BCUT2D eigenvalue weighted by Gasteiger charge is 2.25. The second-order valence-corrected chi connectivity index (χ2v) is 7.53. The second-order valence-electron chi connectivity index (χ2n) is 5.83. The Morgan fingerprint density at radius 3 is 2.41 bits per heavy atom. The first kappa shape index (κ1) is 23.6. The van der Waals surface area contributed by atoms with Gasteiger partial charge in [0.1, 0.15) is 35.7 Å². The fourth-order valence-electron chi connectivity index (χ4n) is 2.18. The molecule has 8 nitrogen and oxygen atoms in total. The summed E-state index contributed by atoms with van der Waals surface area (Å²) in [7, 11) is 0. The van der Waals surface area contributed by atoms with E-state index in [0.717, 1.165) is 0 Å². The van der Waals surface area contributed by atoms with Crippen LogP contribution in [0.2, 0.25) is 10.0 Å². The summed E-state index contributed by atoms with van der Waals surface area (Å²) >= 11 is 13.5. The molecule has 1 aromatic heterocycles. The zero-order chi connectivity index (χ0) is 21.6. The van der Waals surface area contributed by atoms with Gasteiger partial charge in [0.15, 0.2) is 6.61 Å². The molecule has 0 aliphatic carbocycles. The number of hydrogen-bond acceptors (Lipinski definition) is 9. The SMILES string of the molecule is O=C(COc1ccc(C(=O)c2cccs2)c(Cl)c1Cl)OC[C@@H](O)[C@@H](O)[C@@H](O)CO. The van der Waals surface area contributed by atoms with Crippen LogP contribution in [0, 0.1) is 0 Å². The maximum Gasteiger partial charge on any atom is 0.344 e. The number of aliphatic hydroxyl groups excluding tert-OH is 4. The first-order chi connectivity index (χ1) is 13.8. The number of ether oxygens (including phenoxy) is 2. The number of rotatable bonds is 10. The molecular formula is C18H18Cl2O8S. The van der Waals surface area contributed by atoms with Crippen molar-refractivity contribution in [3.05, 3.63) is 50.1 Å². The van der Waals surface area contributed by atoms with Crippen LogP contribution in [0.1, 0.15) is 15.2 Å². The van der Waals surface area contributed by atoms with Gasteiger partial charge in [0.05, 0.1) is 16.5 Å². The zero-order valence-electron chi connectivity index (χ0n) is 14.8. The monoisotopic (exact) mass is 464 g/mol. The molecule has 2 aromatic rings. The highest BCUT2D eigenvalue weighted by molar-refractivity contribution is 7.12. The van der Waals surface area contributed by atoms with E-state index in [1.165, 1.54) is 23.5 Å². The van der Waals surface area contributed by atoms with Gasteiger partial charge < -0.3 is 29.9 Å². The Morgan fingerprint density at radius 2 is 1.79 bits per heavy atom. The van der Waals surface area contributed by atoms with E-state index in [4.69, 9.17) is 37.8 Å². The van der Waals surface area contributed by atoms with E-state index < -0.39 is 44.1 Å². The van der Waals surface area contributed by atoms with Crippen LogP contribution in [0.4, 0.5) is 0 Å². The third-order valence-corrected chi connectivity index (χ3v) is 5.51. The number of aliphatic hydroxyl groups is 4. The molecule has 0 saturated heterocycles. The molecule has 1 aromatic carbocycles. The van der Waals surface area contributed by atoms with E-state index in [1.807, 2.05) is 0 Å². The number of esters is 1. The van der Waals surface area contributed by atoms with Crippen molar-refractivity contribution in [2.24, 2.45) is 0 Å². The Balaban J connectivity index is 1.93. The van der Waals surface area contributed by atoms with Crippen molar-refractivity contribution in [3.63, 3.8) is 0 Å². The van der Waals surface area contributed by atoms with Gasteiger partial charge in [0.25, 0.3) is 0 Å². The van der Waals surface area contributed by atoms with Gasteiger partial charge in [-0.25, -0.2) is 4.79 Å². The number of hydrogen-bond donors (Lipinski definition) is 4. The number of benzene rings is 1. The molecule has 0 aliphatic rings. The molecule has 158 valence electrons. The number of ketones is 1. The van der Waals surface area contributed by atoms with Gasteiger partial charge in [0, 0.05) is 5.56 Å². The van der Waals surface area contributed by atoms with Crippen molar-refractivity contribution in [1.82, 2.24) is 0 Å². The smallest absolute Gasteiger partial charge is 0.344 e. The van der Waals surface area contributed by atoms with Gasteiger partial charge in [-0.1, -0.05) is 29.3 Å². The van der Waals surface area contributed by atoms with Gasteiger partial charge >= 0.3 is 5.97 Å². The summed E-state index contributed by atoms with van der Waals surface area (Å²) in [5, 5.41) is 38.7. The van der Waals surface area contributed by atoms with E-state index in [9.17, 15) is 24.9 Å².